The Balaban J connectivity index is 1.65. The molecule has 1 aromatic heterocycles. The summed E-state index contributed by atoms with van der Waals surface area (Å²) in [5.74, 6) is -0.499. The van der Waals surface area contributed by atoms with Gasteiger partial charge in [0.15, 0.2) is 0 Å². The van der Waals surface area contributed by atoms with E-state index in [9.17, 15) is 27.9 Å². The number of rotatable bonds is 6. The van der Waals surface area contributed by atoms with Crippen LogP contribution in [-0.2, 0) is 10.9 Å². The highest BCUT2D eigenvalue weighted by Crippen LogP contribution is 2.34. The third kappa shape index (κ3) is 5.75. The molecule has 10 heteroatoms. The molecule has 3 atom stereocenters. The number of hydrogen-bond donors (Lipinski definition) is 3. The zero-order valence-corrected chi connectivity index (χ0v) is 20.4. The second kappa shape index (κ2) is 10.6. The Morgan fingerprint density at radius 1 is 1.19 bits per heavy atom. The summed E-state index contributed by atoms with van der Waals surface area (Å²) in [6.45, 7) is 4.06. The molecule has 2 aromatic rings. The molecule has 196 valence electrons. The number of pyridine rings is 1. The van der Waals surface area contributed by atoms with Crippen LogP contribution in [0.5, 0.6) is 0 Å². The van der Waals surface area contributed by atoms with Crippen molar-refractivity contribution in [3.05, 3.63) is 63.1 Å². The first kappa shape index (κ1) is 26.2. The van der Waals surface area contributed by atoms with E-state index < -0.39 is 29.8 Å². The minimum atomic E-state index is -4.49. The second-order valence-corrected chi connectivity index (χ2v) is 9.71. The van der Waals surface area contributed by atoms with Crippen molar-refractivity contribution in [2.24, 2.45) is 0 Å². The quantitative estimate of drug-likeness (QED) is 0.541. The molecule has 1 saturated heterocycles. The van der Waals surface area contributed by atoms with Gasteiger partial charge < -0.3 is 25.0 Å². The van der Waals surface area contributed by atoms with Crippen LogP contribution in [0.15, 0.2) is 35.3 Å². The Labute approximate surface area is 207 Å². The summed E-state index contributed by atoms with van der Waals surface area (Å²) in [5, 5.41) is 16.0. The first-order valence-electron chi connectivity index (χ1n) is 12.3. The van der Waals surface area contributed by atoms with Gasteiger partial charge in [0.2, 0.25) is 0 Å². The van der Waals surface area contributed by atoms with Gasteiger partial charge >= 0.3 is 6.18 Å². The molecule has 1 unspecified atom stereocenters. The molecule has 36 heavy (non-hydrogen) atoms. The summed E-state index contributed by atoms with van der Waals surface area (Å²) in [7, 11) is 0. The SMILES string of the molecule is Cc1c(C(C)NC(=O)c2cn(C3CCOCC3)c(=O)cc2N[C@H]2CC[C@H](O)C2)cccc1C(F)(F)F. The first-order valence-corrected chi connectivity index (χ1v) is 12.3. The minimum Gasteiger partial charge on any atom is -0.393 e. The molecule has 1 amide bonds. The van der Waals surface area contributed by atoms with E-state index in [-0.39, 0.29) is 28.8 Å². The first-order chi connectivity index (χ1) is 17.0. The number of halogens is 3. The summed E-state index contributed by atoms with van der Waals surface area (Å²) >= 11 is 0. The van der Waals surface area contributed by atoms with Gasteiger partial charge in [-0.3, -0.25) is 9.59 Å². The Morgan fingerprint density at radius 3 is 2.56 bits per heavy atom. The number of carbonyl (C=O) groups is 1. The van der Waals surface area contributed by atoms with E-state index in [2.05, 4.69) is 10.6 Å². The standard InChI is InChI=1S/C26H32F3N3O4/c1-15-20(4-3-5-22(15)26(27,28)29)16(2)30-25(35)21-14-32(18-8-10-36-11-9-18)24(34)13-23(21)31-17-6-7-19(33)12-17/h3-5,13-14,16-19,31,33H,6-12H2,1-2H3,(H,30,35)/t16?,17-,19-/m0/s1. The second-order valence-electron chi connectivity index (χ2n) is 9.71. The third-order valence-electron chi connectivity index (χ3n) is 7.17. The highest BCUT2D eigenvalue weighted by Gasteiger charge is 2.33. The maximum Gasteiger partial charge on any atom is 0.416 e. The number of nitrogens with one attached hydrogen (secondary N) is 2. The van der Waals surface area contributed by atoms with Crippen molar-refractivity contribution >= 4 is 11.6 Å². The van der Waals surface area contributed by atoms with Crippen molar-refractivity contribution in [3.8, 4) is 0 Å². The highest BCUT2D eigenvalue weighted by atomic mass is 19.4. The molecular formula is C26H32F3N3O4. The lowest BCUT2D eigenvalue weighted by atomic mass is 9.97. The molecule has 1 saturated carbocycles. The summed E-state index contributed by atoms with van der Waals surface area (Å²) in [6.07, 6.45) is -0.283. The van der Waals surface area contributed by atoms with Crippen molar-refractivity contribution < 1.29 is 27.8 Å². The fourth-order valence-electron chi connectivity index (χ4n) is 5.19. The van der Waals surface area contributed by atoms with Crippen LogP contribution in [0.25, 0.3) is 0 Å². The van der Waals surface area contributed by atoms with Gasteiger partial charge in [0.1, 0.15) is 0 Å². The Bertz CT molecular complexity index is 1160. The van der Waals surface area contributed by atoms with E-state index in [1.54, 1.807) is 17.6 Å². The normalized spacial score (nSPS) is 21.8. The number of aliphatic hydroxyl groups excluding tert-OH is 1. The van der Waals surface area contributed by atoms with Gasteiger partial charge in [-0.15, -0.1) is 0 Å². The van der Waals surface area contributed by atoms with E-state index in [4.69, 9.17) is 4.74 Å². The molecular weight excluding hydrogens is 475 g/mol. The van der Waals surface area contributed by atoms with Gasteiger partial charge in [-0.05, 0) is 63.1 Å². The smallest absolute Gasteiger partial charge is 0.393 e. The monoisotopic (exact) mass is 507 g/mol. The third-order valence-corrected chi connectivity index (χ3v) is 7.17. The molecule has 7 nitrogen and oxygen atoms in total. The summed E-state index contributed by atoms with van der Waals surface area (Å²) in [6, 6.07) is 4.42. The Kier molecular flexibility index (Phi) is 7.75. The maximum absolute atomic E-state index is 13.5. The number of benzene rings is 1. The number of nitrogens with zero attached hydrogens (tertiary/aromatic N) is 1. The van der Waals surface area contributed by atoms with Crippen LogP contribution in [0.3, 0.4) is 0 Å². The summed E-state index contributed by atoms with van der Waals surface area (Å²) < 4.78 is 47.1. The van der Waals surface area contributed by atoms with Crippen LogP contribution in [0.2, 0.25) is 0 Å². The van der Waals surface area contributed by atoms with Crippen molar-refractivity contribution in [3.63, 3.8) is 0 Å². The van der Waals surface area contributed by atoms with Crippen molar-refractivity contribution in [1.82, 2.24) is 9.88 Å². The largest absolute Gasteiger partial charge is 0.416 e. The molecule has 1 aliphatic heterocycles. The number of aromatic nitrogens is 1. The number of carbonyl (C=O) groups excluding carboxylic acids is 1. The van der Waals surface area contributed by atoms with E-state index in [0.29, 0.717) is 56.6 Å². The predicted octanol–water partition coefficient (Wildman–Crippen LogP) is 4.34. The number of alkyl halides is 3. The molecule has 2 fully saturated rings. The van der Waals surface area contributed by atoms with E-state index >= 15 is 0 Å². The number of aliphatic hydroxyl groups is 1. The van der Waals surface area contributed by atoms with Crippen LogP contribution in [-0.4, -0.2) is 40.9 Å². The van der Waals surface area contributed by atoms with Gasteiger partial charge in [-0.1, -0.05) is 12.1 Å². The number of amides is 1. The van der Waals surface area contributed by atoms with E-state index in [1.807, 2.05) is 0 Å². The van der Waals surface area contributed by atoms with Crippen molar-refractivity contribution in [1.29, 1.82) is 0 Å². The predicted molar refractivity (Wildman–Crippen MR) is 129 cm³/mol. The summed E-state index contributed by atoms with van der Waals surface area (Å²) in [4.78, 5) is 26.4. The lowest BCUT2D eigenvalue weighted by Crippen LogP contribution is -2.34. The zero-order valence-electron chi connectivity index (χ0n) is 20.4. The molecule has 0 spiro atoms. The lowest BCUT2D eigenvalue weighted by molar-refractivity contribution is -0.138. The van der Waals surface area contributed by atoms with Crippen LogP contribution in [0.4, 0.5) is 18.9 Å². The van der Waals surface area contributed by atoms with Gasteiger partial charge in [-0.25, -0.2) is 0 Å². The van der Waals surface area contributed by atoms with E-state index in [1.165, 1.54) is 25.3 Å². The summed E-state index contributed by atoms with van der Waals surface area (Å²) in [5.41, 5.74) is 0.0250. The molecule has 3 N–H and O–H groups in total. The molecule has 4 rings (SSSR count). The van der Waals surface area contributed by atoms with Gasteiger partial charge in [0.25, 0.3) is 11.5 Å². The number of anilines is 1. The zero-order chi connectivity index (χ0) is 26.0. The van der Waals surface area contributed by atoms with Crippen LogP contribution < -0.4 is 16.2 Å². The topological polar surface area (TPSA) is 92.6 Å². The molecule has 2 heterocycles. The minimum absolute atomic E-state index is 0.0586. The van der Waals surface area contributed by atoms with Crippen molar-refractivity contribution in [2.45, 2.75) is 76.4 Å². The van der Waals surface area contributed by atoms with Gasteiger partial charge in [0, 0.05) is 37.6 Å². The van der Waals surface area contributed by atoms with Gasteiger partial charge in [0.05, 0.1) is 29.0 Å². The Morgan fingerprint density at radius 2 is 1.92 bits per heavy atom. The molecule has 0 radical (unpaired) electrons. The average Bonchev–Trinajstić information content (AvgIpc) is 3.23. The maximum atomic E-state index is 13.5. The van der Waals surface area contributed by atoms with Crippen LogP contribution in [0, 0.1) is 6.92 Å². The molecule has 1 aromatic carbocycles. The molecule has 0 bridgehead atoms. The number of hydrogen-bond acceptors (Lipinski definition) is 5. The van der Waals surface area contributed by atoms with Crippen LogP contribution >= 0.6 is 0 Å². The fraction of sp³-hybridized carbons (Fsp3) is 0.538. The average molecular weight is 508 g/mol. The van der Waals surface area contributed by atoms with E-state index in [0.717, 1.165) is 6.07 Å². The van der Waals surface area contributed by atoms with Gasteiger partial charge in [-0.2, -0.15) is 13.2 Å². The molecule has 1 aliphatic carbocycles. The Hall–Kier alpha value is -2.85. The molecule has 2 aliphatic rings. The van der Waals surface area contributed by atoms with Crippen LogP contribution in [0.1, 0.15) is 78.2 Å². The van der Waals surface area contributed by atoms with Crippen molar-refractivity contribution in [2.75, 3.05) is 18.5 Å². The highest BCUT2D eigenvalue weighted by molar-refractivity contribution is 5.99. The number of ether oxygens (including phenoxy) is 1. The fourth-order valence-corrected chi connectivity index (χ4v) is 5.19. The lowest BCUT2D eigenvalue weighted by Gasteiger charge is -2.26.